The van der Waals surface area contributed by atoms with Gasteiger partial charge < -0.3 is 21.3 Å². The van der Waals surface area contributed by atoms with Crippen molar-refractivity contribution in [2.45, 2.75) is 38.5 Å². The Morgan fingerprint density at radius 1 is 0.914 bits per heavy atom. The average Bonchev–Trinajstić information content (AvgIpc) is 3.09. The lowest BCUT2D eigenvalue weighted by molar-refractivity contribution is 0.240. The van der Waals surface area contributed by atoms with Crippen molar-refractivity contribution in [2.75, 3.05) is 6.54 Å². The van der Waals surface area contributed by atoms with Gasteiger partial charge in [0.2, 0.25) is 0 Å². The second kappa shape index (κ2) is 10.5. The minimum atomic E-state index is -0.598. The van der Waals surface area contributed by atoms with E-state index in [-0.39, 0.29) is 6.03 Å². The van der Waals surface area contributed by atoms with Crippen LogP contribution in [0, 0.1) is 11.6 Å². The molecule has 1 aliphatic rings. The van der Waals surface area contributed by atoms with E-state index >= 15 is 0 Å². The zero-order chi connectivity index (χ0) is 24.8. The molecule has 35 heavy (non-hydrogen) atoms. The number of hydrogen-bond donors (Lipinski definition) is 3. The highest BCUT2D eigenvalue weighted by Crippen LogP contribution is 2.26. The highest BCUT2D eigenvalue weighted by Gasteiger charge is 2.34. The number of nitrogens with two attached hydrogens (primary N) is 1. The lowest BCUT2D eigenvalue weighted by atomic mass is 9.93. The summed E-state index contributed by atoms with van der Waals surface area (Å²) in [5.41, 5.74) is 9.21. The van der Waals surface area contributed by atoms with Crippen LogP contribution in [-0.2, 0) is 26.1 Å². The van der Waals surface area contributed by atoms with Crippen LogP contribution in [0.4, 0.5) is 13.6 Å². The SMILES string of the molecule is C[C@@]1(Cc2cc(F)cc(F)c2)CN(Cc2ccc(CNC(=O)NCc3ccccc3)cc2)C(N)=N1. The van der Waals surface area contributed by atoms with E-state index < -0.39 is 17.2 Å². The number of benzene rings is 3. The number of rotatable bonds is 8. The van der Waals surface area contributed by atoms with Crippen LogP contribution in [0.25, 0.3) is 0 Å². The van der Waals surface area contributed by atoms with Crippen LogP contribution in [0.2, 0.25) is 0 Å². The van der Waals surface area contributed by atoms with Gasteiger partial charge in [0.05, 0.1) is 5.54 Å². The van der Waals surface area contributed by atoms with Crippen molar-refractivity contribution in [3.8, 4) is 0 Å². The quantitative estimate of drug-likeness (QED) is 0.457. The first-order chi connectivity index (χ1) is 16.8. The lowest BCUT2D eigenvalue weighted by Crippen LogP contribution is -2.37. The number of urea groups is 1. The van der Waals surface area contributed by atoms with Crippen molar-refractivity contribution in [3.05, 3.63) is 107 Å². The summed E-state index contributed by atoms with van der Waals surface area (Å²) in [6.07, 6.45) is 0.385. The molecule has 0 spiro atoms. The van der Waals surface area contributed by atoms with Crippen LogP contribution in [0.5, 0.6) is 0 Å². The van der Waals surface area contributed by atoms with Crippen molar-refractivity contribution in [1.82, 2.24) is 15.5 Å². The van der Waals surface area contributed by atoms with E-state index in [0.717, 1.165) is 22.8 Å². The maximum atomic E-state index is 13.6. The molecule has 0 aliphatic carbocycles. The largest absolute Gasteiger partial charge is 0.370 e. The molecule has 4 rings (SSSR count). The molecule has 2 amide bonds. The van der Waals surface area contributed by atoms with Crippen molar-refractivity contribution < 1.29 is 13.6 Å². The number of carbonyl (C=O) groups is 1. The normalized spacial score (nSPS) is 17.2. The Morgan fingerprint density at radius 3 is 2.11 bits per heavy atom. The third-order valence-corrected chi connectivity index (χ3v) is 5.89. The van der Waals surface area contributed by atoms with E-state index in [1.54, 1.807) is 0 Å². The van der Waals surface area contributed by atoms with Gasteiger partial charge in [-0.05, 0) is 47.7 Å². The standard InChI is InChI=1S/C27H29F2N5O/c1-27(14-22-11-23(28)13-24(29)12-22)18-34(25(30)33-27)17-21-9-7-20(8-10-21)16-32-26(35)31-15-19-5-3-2-4-6-19/h2-13H,14-18H2,1H3,(H2,30,33)(H2,31,32,35)/t27-/m1/s1. The molecule has 3 aromatic carbocycles. The summed E-state index contributed by atoms with van der Waals surface area (Å²) in [4.78, 5) is 18.6. The van der Waals surface area contributed by atoms with E-state index in [2.05, 4.69) is 15.6 Å². The van der Waals surface area contributed by atoms with Gasteiger partial charge in [-0.3, -0.25) is 0 Å². The zero-order valence-electron chi connectivity index (χ0n) is 19.6. The van der Waals surface area contributed by atoms with Crippen LogP contribution in [0.1, 0.15) is 29.2 Å². The number of carbonyl (C=O) groups excluding carboxylic acids is 1. The smallest absolute Gasteiger partial charge is 0.315 e. The number of halogens is 2. The Balaban J connectivity index is 1.26. The Labute approximate surface area is 203 Å². The number of amides is 2. The van der Waals surface area contributed by atoms with Gasteiger partial charge in [0, 0.05) is 32.2 Å². The van der Waals surface area contributed by atoms with Crippen molar-refractivity contribution in [1.29, 1.82) is 0 Å². The fourth-order valence-electron chi connectivity index (χ4n) is 4.27. The van der Waals surface area contributed by atoms with E-state index in [1.165, 1.54) is 12.1 Å². The predicted octanol–water partition coefficient (Wildman–Crippen LogP) is 4.10. The summed E-state index contributed by atoms with van der Waals surface area (Å²) in [5, 5.41) is 5.70. The topological polar surface area (TPSA) is 82.8 Å². The molecular formula is C27H29F2N5O. The highest BCUT2D eigenvalue weighted by atomic mass is 19.1. The Morgan fingerprint density at radius 2 is 1.49 bits per heavy atom. The molecule has 0 aromatic heterocycles. The van der Waals surface area contributed by atoms with Crippen LogP contribution >= 0.6 is 0 Å². The highest BCUT2D eigenvalue weighted by molar-refractivity contribution is 5.80. The fourth-order valence-corrected chi connectivity index (χ4v) is 4.27. The molecule has 4 N–H and O–H groups in total. The van der Waals surface area contributed by atoms with E-state index in [9.17, 15) is 13.6 Å². The second-order valence-electron chi connectivity index (χ2n) is 9.12. The van der Waals surface area contributed by atoms with Gasteiger partial charge in [-0.15, -0.1) is 0 Å². The lowest BCUT2D eigenvalue weighted by Gasteiger charge is -2.24. The van der Waals surface area contributed by atoms with Crippen LogP contribution in [-0.4, -0.2) is 29.0 Å². The maximum absolute atomic E-state index is 13.6. The molecule has 182 valence electrons. The molecule has 0 fully saturated rings. The first kappa shape index (κ1) is 24.2. The van der Waals surface area contributed by atoms with Gasteiger partial charge in [0.25, 0.3) is 0 Å². The van der Waals surface area contributed by atoms with Gasteiger partial charge in [0.1, 0.15) is 11.6 Å². The number of guanidine groups is 1. The van der Waals surface area contributed by atoms with E-state index in [4.69, 9.17) is 5.73 Å². The van der Waals surface area contributed by atoms with Gasteiger partial charge in [-0.25, -0.2) is 18.6 Å². The zero-order valence-corrected chi connectivity index (χ0v) is 19.6. The number of aliphatic imine (C=N–C) groups is 1. The summed E-state index contributed by atoms with van der Waals surface area (Å²) in [5.74, 6) is -0.789. The van der Waals surface area contributed by atoms with Gasteiger partial charge in [-0.1, -0.05) is 54.6 Å². The monoisotopic (exact) mass is 477 g/mol. The molecule has 0 bridgehead atoms. The number of nitrogens with zero attached hydrogens (tertiary/aromatic N) is 2. The van der Waals surface area contributed by atoms with Gasteiger partial charge >= 0.3 is 6.03 Å². The molecule has 1 atom stereocenters. The van der Waals surface area contributed by atoms with E-state index in [1.807, 2.05) is 66.4 Å². The third kappa shape index (κ3) is 6.79. The minimum Gasteiger partial charge on any atom is -0.370 e. The molecule has 0 saturated heterocycles. The Kier molecular flexibility index (Phi) is 7.29. The van der Waals surface area contributed by atoms with Crippen molar-refractivity contribution in [3.63, 3.8) is 0 Å². The molecule has 3 aromatic rings. The molecule has 8 heteroatoms. The summed E-state index contributed by atoms with van der Waals surface area (Å²) < 4.78 is 27.1. The molecule has 6 nitrogen and oxygen atoms in total. The van der Waals surface area contributed by atoms with Gasteiger partial charge in [-0.2, -0.15) is 0 Å². The molecule has 0 unspecified atom stereocenters. The average molecular weight is 478 g/mol. The van der Waals surface area contributed by atoms with Gasteiger partial charge in [0.15, 0.2) is 5.96 Å². The number of hydrogen-bond acceptors (Lipinski definition) is 4. The van der Waals surface area contributed by atoms with Crippen LogP contribution in [0.3, 0.4) is 0 Å². The summed E-state index contributed by atoms with van der Waals surface area (Å²) in [7, 11) is 0. The fraction of sp³-hybridized carbons (Fsp3) is 0.259. The minimum absolute atomic E-state index is 0.226. The predicted molar refractivity (Wildman–Crippen MR) is 132 cm³/mol. The Bertz CT molecular complexity index is 1180. The summed E-state index contributed by atoms with van der Waals surface area (Å²) in [6.45, 7) is 3.92. The van der Waals surface area contributed by atoms with Crippen LogP contribution in [0.15, 0.2) is 77.8 Å². The number of nitrogens with one attached hydrogen (secondary N) is 2. The van der Waals surface area contributed by atoms with Crippen molar-refractivity contribution in [2.24, 2.45) is 10.7 Å². The molecule has 1 heterocycles. The van der Waals surface area contributed by atoms with Crippen LogP contribution < -0.4 is 16.4 Å². The molecule has 0 radical (unpaired) electrons. The second-order valence-corrected chi connectivity index (χ2v) is 9.12. The first-order valence-corrected chi connectivity index (χ1v) is 11.5. The summed E-state index contributed by atoms with van der Waals surface area (Å²) in [6, 6.07) is 20.9. The molecule has 0 saturated carbocycles. The van der Waals surface area contributed by atoms with Crippen molar-refractivity contribution >= 4 is 12.0 Å². The molecule has 1 aliphatic heterocycles. The third-order valence-electron chi connectivity index (χ3n) is 5.89. The molecular weight excluding hydrogens is 448 g/mol. The van der Waals surface area contributed by atoms with E-state index in [0.29, 0.717) is 44.1 Å². The maximum Gasteiger partial charge on any atom is 0.315 e. The Hall–Kier alpha value is -3.94. The summed E-state index contributed by atoms with van der Waals surface area (Å²) >= 11 is 0. The first-order valence-electron chi connectivity index (χ1n) is 11.5.